The summed E-state index contributed by atoms with van der Waals surface area (Å²) in [7, 11) is 0. The van der Waals surface area contributed by atoms with Crippen LogP contribution in [0.3, 0.4) is 0 Å². The van der Waals surface area contributed by atoms with Gasteiger partial charge >= 0.3 is 0 Å². The smallest absolute Gasteiger partial charge is 0.251 e. The van der Waals surface area contributed by atoms with E-state index in [4.69, 9.17) is 4.84 Å². The lowest BCUT2D eigenvalue weighted by atomic mass is 10.0. The van der Waals surface area contributed by atoms with Crippen molar-refractivity contribution >= 4 is 27.5 Å². The van der Waals surface area contributed by atoms with E-state index in [1.54, 1.807) is 31.3 Å². The summed E-state index contributed by atoms with van der Waals surface area (Å²) in [5.41, 5.74) is 3.39. The third kappa shape index (κ3) is 4.54. The van der Waals surface area contributed by atoms with E-state index in [1.807, 2.05) is 24.3 Å². The largest absolute Gasteiger partial charge is 0.385 e. The van der Waals surface area contributed by atoms with Crippen LogP contribution in [0, 0.1) is 5.82 Å². The summed E-state index contributed by atoms with van der Waals surface area (Å²) in [6.07, 6.45) is 3.16. The molecule has 1 N–H and O–H groups in total. The van der Waals surface area contributed by atoms with Crippen LogP contribution in [0.2, 0.25) is 0 Å². The van der Waals surface area contributed by atoms with E-state index in [0.29, 0.717) is 17.7 Å². The van der Waals surface area contributed by atoms with Crippen molar-refractivity contribution in [3.05, 3.63) is 93.7 Å². The van der Waals surface area contributed by atoms with E-state index in [1.165, 1.54) is 6.07 Å². The normalized spacial score (nSPS) is 16.5. The number of aromatic nitrogens is 2. The fourth-order valence-electron chi connectivity index (χ4n) is 3.16. The molecule has 1 aromatic carbocycles. The summed E-state index contributed by atoms with van der Waals surface area (Å²) in [6.45, 7) is 1.80. The van der Waals surface area contributed by atoms with Crippen LogP contribution in [-0.4, -0.2) is 21.6 Å². The maximum Gasteiger partial charge on any atom is 0.251 e. The van der Waals surface area contributed by atoms with E-state index in [2.05, 4.69) is 36.4 Å². The second-order valence-corrected chi connectivity index (χ2v) is 7.83. The van der Waals surface area contributed by atoms with Crippen molar-refractivity contribution in [1.82, 2.24) is 15.3 Å². The van der Waals surface area contributed by atoms with E-state index in [0.717, 1.165) is 27.6 Å². The van der Waals surface area contributed by atoms with Crippen molar-refractivity contribution in [3.63, 3.8) is 0 Å². The number of oxime groups is 1. The molecule has 0 spiro atoms. The highest BCUT2D eigenvalue weighted by Gasteiger charge is 2.25. The molecule has 30 heavy (non-hydrogen) atoms. The van der Waals surface area contributed by atoms with E-state index in [9.17, 15) is 9.18 Å². The molecule has 3 aromatic rings. The van der Waals surface area contributed by atoms with Crippen molar-refractivity contribution in [3.8, 4) is 0 Å². The first kappa shape index (κ1) is 20.2. The summed E-state index contributed by atoms with van der Waals surface area (Å²) < 4.78 is 13.8. The van der Waals surface area contributed by atoms with Crippen molar-refractivity contribution in [1.29, 1.82) is 0 Å². The van der Waals surface area contributed by atoms with Crippen molar-refractivity contribution < 1.29 is 14.0 Å². The molecule has 0 unspecified atom stereocenters. The first-order chi connectivity index (χ1) is 14.5. The first-order valence-electron chi connectivity index (χ1n) is 9.36. The van der Waals surface area contributed by atoms with Crippen LogP contribution in [-0.2, 0) is 4.84 Å². The molecule has 0 radical (unpaired) electrons. The number of carbonyl (C=O) groups excluding carboxylic acids is 1. The van der Waals surface area contributed by atoms with Crippen LogP contribution in [0.15, 0.2) is 70.6 Å². The van der Waals surface area contributed by atoms with Gasteiger partial charge in [0.25, 0.3) is 5.91 Å². The van der Waals surface area contributed by atoms with Gasteiger partial charge in [-0.2, -0.15) is 0 Å². The highest BCUT2D eigenvalue weighted by Crippen LogP contribution is 2.29. The molecule has 8 heteroatoms. The van der Waals surface area contributed by atoms with E-state index >= 15 is 0 Å². The van der Waals surface area contributed by atoms with Crippen LogP contribution in [0.25, 0.3) is 0 Å². The Labute approximate surface area is 181 Å². The number of pyridine rings is 2. The Bertz CT molecular complexity index is 1090. The predicted octanol–water partition coefficient (Wildman–Crippen LogP) is 4.73. The Kier molecular flexibility index (Phi) is 5.85. The van der Waals surface area contributed by atoms with Gasteiger partial charge in [0.1, 0.15) is 5.82 Å². The van der Waals surface area contributed by atoms with Crippen LogP contribution in [0.1, 0.15) is 52.8 Å². The van der Waals surface area contributed by atoms with Gasteiger partial charge in [-0.1, -0.05) is 27.2 Å². The molecule has 4 rings (SSSR count). The summed E-state index contributed by atoms with van der Waals surface area (Å²) in [5, 5.41) is 7.09. The molecule has 0 saturated carbocycles. The minimum Gasteiger partial charge on any atom is -0.385 e. The zero-order chi connectivity index (χ0) is 21.1. The lowest BCUT2D eigenvalue weighted by molar-refractivity contribution is 0.0826. The molecular formula is C22H18BrFN4O2. The number of benzene rings is 1. The van der Waals surface area contributed by atoms with Gasteiger partial charge in [0.05, 0.1) is 29.3 Å². The Balaban J connectivity index is 1.49. The number of carbonyl (C=O) groups is 1. The minimum absolute atomic E-state index is 0.248. The lowest BCUT2D eigenvalue weighted by Gasteiger charge is -2.14. The quantitative estimate of drug-likeness (QED) is 0.586. The first-order valence-corrected chi connectivity index (χ1v) is 10.2. The van der Waals surface area contributed by atoms with Crippen LogP contribution in [0.5, 0.6) is 0 Å². The van der Waals surface area contributed by atoms with E-state index < -0.39 is 5.82 Å². The maximum absolute atomic E-state index is 13.1. The molecule has 1 aliphatic rings. The topological polar surface area (TPSA) is 76.5 Å². The van der Waals surface area contributed by atoms with Gasteiger partial charge in [0, 0.05) is 28.2 Å². The summed E-state index contributed by atoms with van der Waals surface area (Å²) in [4.78, 5) is 26.7. The fraction of sp³-hybridized carbons (Fsp3) is 0.182. The van der Waals surface area contributed by atoms with Crippen molar-refractivity contribution in [2.24, 2.45) is 5.16 Å². The number of rotatable bonds is 5. The van der Waals surface area contributed by atoms with Crippen LogP contribution < -0.4 is 5.32 Å². The third-order valence-corrected chi connectivity index (χ3v) is 5.18. The van der Waals surface area contributed by atoms with Gasteiger partial charge in [-0.15, -0.1) is 0 Å². The zero-order valence-corrected chi connectivity index (χ0v) is 17.6. The van der Waals surface area contributed by atoms with Gasteiger partial charge in [0.15, 0.2) is 6.10 Å². The van der Waals surface area contributed by atoms with Gasteiger partial charge in [-0.3, -0.25) is 14.8 Å². The highest BCUT2D eigenvalue weighted by atomic mass is 79.9. The fourth-order valence-corrected chi connectivity index (χ4v) is 3.65. The molecule has 152 valence electrons. The maximum atomic E-state index is 13.1. The number of halogens is 2. The third-order valence-electron chi connectivity index (χ3n) is 4.72. The SMILES string of the molecule is C[C@@H](NC(=O)c1cc(Br)cc(C2=NO[C@H](c3ccccn3)C2)c1)c1ccc(F)cn1. The molecule has 0 aliphatic carbocycles. The van der Waals surface area contributed by atoms with Gasteiger partial charge in [-0.25, -0.2) is 4.39 Å². The number of hydrogen-bond donors (Lipinski definition) is 1. The van der Waals surface area contributed by atoms with Crippen molar-refractivity contribution in [2.45, 2.75) is 25.5 Å². The highest BCUT2D eigenvalue weighted by molar-refractivity contribution is 9.10. The molecule has 2 atom stereocenters. The standard InChI is InChI=1S/C22H18BrFN4O2/c1-13(18-6-5-17(24)12-26-18)27-22(29)15-8-14(9-16(23)10-15)20-11-21(30-28-20)19-4-2-3-7-25-19/h2-10,12-13,21H,11H2,1H3,(H,27,29)/t13-,21+/m1/s1. The summed E-state index contributed by atoms with van der Waals surface area (Å²) in [6, 6.07) is 13.5. The lowest BCUT2D eigenvalue weighted by Crippen LogP contribution is -2.27. The predicted molar refractivity (Wildman–Crippen MR) is 113 cm³/mol. The number of hydrogen-bond acceptors (Lipinski definition) is 5. The van der Waals surface area contributed by atoms with Gasteiger partial charge in [-0.05, 0) is 49.4 Å². The average Bonchev–Trinajstić information content (AvgIpc) is 3.25. The van der Waals surface area contributed by atoms with E-state index in [-0.39, 0.29) is 18.1 Å². The van der Waals surface area contributed by atoms with Gasteiger partial charge in [0.2, 0.25) is 0 Å². The Hall–Kier alpha value is -3.13. The second kappa shape index (κ2) is 8.71. The molecule has 3 heterocycles. The molecule has 6 nitrogen and oxygen atoms in total. The van der Waals surface area contributed by atoms with Crippen LogP contribution in [0.4, 0.5) is 4.39 Å². The van der Waals surface area contributed by atoms with Gasteiger partial charge < -0.3 is 10.2 Å². The monoisotopic (exact) mass is 468 g/mol. The summed E-state index contributed by atoms with van der Waals surface area (Å²) in [5.74, 6) is -0.686. The molecule has 1 amide bonds. The molecule has 0 bridgehead atoms. The Morgan fingerprint density at radius 2 is 2.10 bits per heavy atom. The number of nitrogens with zero attached hydrogens (tertiary/aromatic N) is 3. The molecular weight excluding hydrogens is 451 g/mol. The minimum atomic E-state index is -0.419. The Morgan fingerprint density at radius 3 is 2.83 bits per heavy atom. The second-order valence-electron chi connectivity index (χ2n) is 6.92. The molecule has 1 aliphatic heterocycles. The number of amides is 1. The summed E-state index contributed by atoms with van der Waals surface area (Å²) >= 11 is 3.47. The molecule has 2 aromatic heterocycles. The molecule has 0 fully saturated rings. The molecule has 0 saturated heterocycles. The Morgan fingerprint density at radius 1 is 1.23 bits per heavy atom. The van der Waals surface area contributed by atoms with Crippen LogP contribution >= 0.6 is 15.9 Å². The van der Waals surface area contributed by atoms with Crippen molar-refractivity contribution in [2.75, 3.05) is 0 Å². The zero-order valence-electron chi connectivity index (χ0n) is 16.0. The average molecular weight is 469 g/mol. The number of nitrogens with one attached hydrogen (secondary N) is 1.